The van der Waals surface area contributed by atoms with Crippen molar-refractivity contribution in [3.63, 3.8) is 0 Å². The molecule has 2 heterocycles. The maximum Gasteiger partial charge on any atom is 0.133 e. The Hall–Kier alpha value is -1.87. The number of rotatable bonds is 2. The standard InChI is InChI=1S/C17H21N3/c1-13-10-14(12-18)11-17(19-13)20-9-5-4-7-15-6-2-3-8-16(15)20/h2-3,6,8,10-11H,4-5,7,9,12,18H2,1H3. The summed E-state index contributed by atoms with van der Waals surface area (Å²) in [5, 5.41) is 0. The van der Waals surface area contributed by atoms with Crippen LogP contribution in [0, 0.1) is 6.92 Å². The molecule has 0 aliphatic carbocycles. The zero-order chi connectivity index (χ0) is 13.9. The summed E-state index contributed by atoms with van der Waals surface area (Å²) in [6, 6.07) is 12.8. The molecular weight excluding hydrogens is 246 g/mol. The van der Waals surface area contributed by atoms with Crippen LogP contribution in [0.25, 0.3) is 0 Å². The molecule has 1 aliphatic heterocycles. The second kappa shape index (κ2) is 5.63. The normalized spacial score (nSPS) is 14.8. The van der Waals surface area contributed by atoms with E-state index in [9.17, 15) is 0 Å². The smallest absolute Gasteiger partial charge is 0.133 e. The number of aromatic nitrogens is 1. The first-order chi connectivity index (χ1) is 9.78. The molecule has 0 saturated carbocycles. The average Bonchev–Trinajstić information content (AvgIpc) is 2.69. The van der Waals surface area contributed by atoms with Gasteiger partial charge in [0.05, 0.1) is 0 Å². The summed E-state index contributed by atoms with van der Waals surface area (Å²) < 4.78 is 0. The van der Waals surface area contributed by atoms with Gasteiger partial charge in [-0.2, -0.15) is 0 Å². The van der Waals surface area contributed by atoms with E-state index >= 15 is 0 Å². The van der Waals surface area contributed by atoms with Crippen LogP contribution in [-0.4, -0.2) is 11.5 Å². The van der Waals surface area contributed by atoms with Gasteiger partial charge in [-0.3, -0.25) is 0 Å². The van der Waals surface area contributed by atoms with Gasteiger partial charge in [0.1, 0.15) is 5.82 Å². The first-order valence-corrected chi connectivity index (χ1v) is 7.31. The van der Waals surface area contributed by atoms with Crippen molar-refractivity contribution in [2.45, 2.75) is 32.7 Å². The number of nitrogens with zero attached hydrogens (tertiary/aromatic N) is 2. The van der Waals surface area contributed by atoms with Crippen LogP contribution in [0.15, 0.2) is 36.4 Å². The number of nitrogens with two attached hydrogens (primary N) is 1. The Bertz CT molecular complexity index is 607. The predicted molar refractivity (Wildman–Crippen MR) is 83.3 cm³/mol. The van der Waals surface area contributed by atoms with Crippen LogP contribution in [0.4, 0.5) is 11.5 Å². The lowest BCUT2D eigenvalue weighted by molar-refractivity contribution is 0.757. The van der Waals surface area contributed by atoms with Crippen LogP contribution in [0.5, 0.6) is 0 Å². The number of pyridine rings is 1. The fraction of sp³-hybridized carbons (Fsp3) is 0.353. The highest BCUT2D eigenvalue weighted by Gasteiger charge is 2.17. The Morgan fingerprint density at radius 1 is 1.20 bits per heavy atom. The van der Waals surface area contributed by atoms with Crippen molar-refractivity contribution in [3.8, 4) is 0 Å². The minimum atomic E-state index is 0.561. The minimum absolute atomic E-state index is 0.561. The molecule has 1 aromatic heterocycles. The summed E-state index contributed by atoms with van der Waals surface area (Å²) in [6.07, 6.45) is 3.59. The minimum Gasteiger partial charge on any atom is -0.326 e. The van der Waals surface area contributed by atoms with E-state index in [-0.39, 0.29) is 0 Å². The lowest BCUT2D eigenvalue weighted by atomic mass is 10.1. The first kappa shape index (κ1) is 13.1. The molecule has 3 heteroatoms. The third kappa shape index (κ3) is 2.54. The number of hydrogen-bond acceptors (Lipinski definition) is 3. The van der Waals surface area contributed by atoms with Gasteiger partial charge in [0, 0.05) is 24.5 Å². The maximum atomic E-state index is 5.80. The molecule has 0 unspecified atom stereocenters. The Morgan fingerprint density at radius 3 is 2.90 bits per heavy atom. The molecule has 0 radical (unpaired) electrons. The molecule has 0 spiro atoms. The summed E-state index contributed by atoms with van der Waals surface area (Å²) in [7, 11) is 0. The largest absolute Gasteiger partial charge is 0.326 e. The van der Waals surface area contributed by atoms with Crippen LogP contribution < -0.4 is 10.6 Å². The molecule has 3 nitrogen and oxygen atoms in total. The number of benzene rings is 1. The summed E-state index contributed by atoms with van der Waals surface area (Å²) in [5.74, 6) is 1.03. The Balaban J connectivity index is 2.07. The van der Waals surface area contributed by atoms with E-state index in [0.29, 0.717) is 6.54 Å². The first-order valence-electron chi connectivity index (χ1n) is 7.31. The number of aryl methyl sites for hydroxylation is 2. The van der Waals surface area contributed by atoms with E-state index in [0.717, 1.165) is 30.0 Å². The van der Waals surface area contributed by atoms with Crippen molar-refractivity contribution < 1.29 is 0 Å². The molecule has 0 bridgehead atoms. The predicted octanol–water partition coefficient (Wildman–Crippen LogP) is 3.32. The van der Waals surface area contributed by atoms with Gasteiger partial charge >= 0.3 is 0 Å². The number of fused-ring (bicyclic) bond motifs is 1. The van der Waals surface area contributed by atoms with E-state index in [1.54, 1.807) is 0 Å². The van der Waals surface area contributed by atoms with Crippen LogP contribution in [-0.2, 0) is 13.0 Å². The summed E-state index contributed by atoms with van der Waals surface area (Å²) in [6.45, 7) is 3.62. The van der Waals surface area contributed by atoms with Crippen LogP contribution in [0.1, 0.15) is 29.7 Å². The van der Waals surface area contributed by atoms with E-state index in [4.69, 9.17) is 10.7 Å². The second-order valence-corrected chi connectivity index (χ2v) is 5.42. The molecule has 104 valence electrons. The second-order valence-electron chi connectivity index (χ2n) is 5.42. The number of para-hydroxylation sites is 1. The van der Waals surface area contributed by atoms with Gasteiger partial charge < -0.3 is 10.6 Å². The summed E-state index contributed by atoms with van der Waals surface area (Å²) in [4.78, 5) is 7.06. The zero-order valence-electron chi connectivity index (χ0n) is 12.0. The highest BCUT2D eigenvalue weighted by Crippen LogP contribution is 2.31. The van der Waals surface area contributed by atoms with Gasteiger partial charge in [0.25, 0.3) is 0 Å². The Labute approximate surface area is 120 Å². The molecule has 0 amide bonds. The van der Waals surface area contributed by atoms with Gasteiger partial charge in [-0.1, -0.05) is 18.2 Å². The van der Waals surface area contributed by atoms with Gasteiger partial charge in [-0.25, -0.2) is 4.98 Å². The van der Waals surface area contributed by atoms with Crippen molar-refractivity contribution in [3.05, 3.63) is 53.2 Å². The zero-order valence-corrected chi connectivity index (χ0v) is 12.0. The fourth-order valence-corrected chi connectivity index (χ4v) is 2.91. The van der Waals surface area contributed by atoms with Crippen LogP contribution >= 0.6 is 0 Å². The number of hydrogen-bond donors (Lipinski definition) is 1. The summed E-state index contributed by atoms with van der Waals surface area (Å²) >= 11 is 0. The third-order valence-electron chi connectivity index (χ3n) is 3.87. The van der Waals surface area contributed by atoms with E-state index in [1.807, 2.05) is 6.92 Å². The highest BCUT2D eigenvalue weighted by molar-refractivity contribution is 5.65. The lowest BCUT2D eigenvalue weighted by Crippen LogP contribution is -2.20. The quantitative estimate of drug-likeness (QED) is 0.907. The van der Waals surface area contributed by atoms with Crippen molar-refractivity contribution in [2.24, 2.45) is 5.73 Å². The number of anilines is 2. The molecule has 0 saturated heterocycles. The van der Waals surface area contributed by atoms with Gasteiger partial charge in [0.2, 0.25) is 0 Å². The van der Waals surface area contributed by atoms with E-state index < -0.39 is 0 Å². The van der Waals surface area contributed by atoms with Crippen LogP contribution in [0.3, 0.4) is 0 Å². The monoisotopic (exact) mass is 267 g/mol. The SMILES string of the molecule is Cc1cc(CN)cc(N2CCCCc3ccccc32)n1. The molecule has 2 aromatic rings. The Morgan fingerprint density at radius 2 is 2.05 bits per heavy atom. The summed E-state index contributed by atoms with van der Waals surface area (Å²) in [5.41, 5.74) is 10.7. The van der Waals surface area contributed by atoms with Gasteiger partial charge in [0.15, 0.2) is 0 Å². The average molecular weight is 267 g/mol. The lowest BCUT2D eigenvalue weighted by Gasteiger charge is -2.24. The molecule has 3 rings (SSSR count). The molecule has 0 fully saturated rings. The highest BCUT2D eigenvalue weighted by atomic mass is 15.2. The Kier molecular flexibility index (Phi) is 3.70. The van der Waals surface area contributed by atoms with E-state index in [1.165, 1.54) is 24.1 Å². The molecule has 2 N–H and O–H groups in total. The molecule has 20 heavy (non-hydrogen) atoms. The van der Waals surface area contributed by atoms with Gasteiger partial charge in [-0.15, -0.1) is 0 Å². The van der Waals surface area contributed by atoms with Crippen molar-refractivity contribution in [2.75, 3.05) is 11.4 Å². The van der Waals surface area contributed by atoms with Gasteiger partial charge in [-0.05, 0) is 55.5 Å². The maximum absolute atomic E-state index is 5.80. The topological polar surface area (TPSA) is 42.1 Å². The van der Waals surface area contributed by atoms with Crippen molar-refractivity contribution in [1.29, 1.82) is 0 Å². The fourth-order valence-electron chi connectivity index (χ4n) is 2.91. The van der Waals surface area contributed by atoms with E-state index in [2.05, 4.69) is 41.3 Å². The molecule has 0 atom stereocenters. The third-order valence-corrected chi connectivity index (χ3v) is 3.87. The van der Waals surface area contributed by atoms with Crippen molar-refractivity contribution >= 4 is 11.5 Å². The van der Waals surface area contributed by atoms with Crippen molar-refractivity contribution in [1.82, 2.24) is 4.98 Å². The van der Waals surface area contributed by atoms with Crippen LogP contribution in [0.2, 0.25) is 0 Å². The molecule has 1 aromatic carbocycles. The molecule has 1 aliphatic rings. The molecular formula is C17H21N3.